The van der Waals surface area contributed by atoms with Crippen LogP contribution in [0.15, 0.2) is 47.6 Å². The van der Waals surface area contributed by atoms with Crippen LogP contribution in [-0.2, 0) is 0 Å². The fraction of sp³-hybridized carbons (Fsp3) is 0.478. The van der Waals surface area contributed by atoms with E-state index in [-0.39, 0.29) is 5.57 Å². The predicted octanol–water partition coefficient (Wildman–Crippen LogP) is 4.20. The zero-order chi connectivity index (χ0) is 19.2. The number of allylic oxidation sites excluding steroid dienone is 2. The SMILES string of the molecule is CN(C)CCCN1C(c2ccccc2)=CC(=C(C#N)C#N)[C@@H]2CCCC[C@H]21. The van der Waals surface area contributed by atoms with Gasteiger partial charge in [-0.15, -0.1) is 0 Å². The smallest absolute Gasteiger partial charge is 0.133 e. The van der Waals surface area contributed by atoms with Gasteiger partial charge in [-0.2, -0.15) is 10.5 Å². The summed E-state index contributed by atoms with van der Waals surface area (Å²) >= 11 is 0. The summed E-state index contributed by atoms with van der Waals surface area (Å²) in [7, 11) is 4.22. The van der Waals surface area contributed by atoms with Gasteiger partial charge in [0, 0.05) is 24.2 Å². The zero-order valence-electron chi connectivity index (χ0n) is 16.4. The highest BCUT2D eigenvalue weighted by molar-refractivity contribution is 5.70. The molecule has 140 valence electrons. The van der Waals surface area contributed by atoms with Crippen molar-refractivity contribution >= 4 is 5.70 Å². The summed E-state index contributed by atoms with van der Waals surface area (Å²) in [4.78, 5) is 4.78. The first-order chi connectivity index (χ1) is 13.2. The molecule has 1 aliphatic carbocycles. The molecule has 0 aromatic heterocycles. The molecule has 1 aliphatic heterocycles. The van der Waals surface area contributed by atoms with E-state index < -0.39 is 0 Å². The second-order valence-corrected chi connectivity index (χ2v) is 7.76. The van der Waals surface area contributed by atoms with E-state index in [1.54, 1.807) is 0 Å². The topological polar surface area (TPSA) is 54.1 Å². The van der Waals surface area contributed by atoms with Crippen molar-refractivity contribution < 1.29 is 0 Å². The van der Waals surface area contributed by atoms with Crippen LogP contribution < -0.4 is 0 Å². The molecular formula is C23H28N4. The third kappa shape index (κ3) is 4.24. The van der Waals surface area contributed by atoms with Crippen molar-refractivity contribution in [2.45, 2.75) is 38.1 Å². The molecule has 0 radical (unpaired) electrons. The van der Waals surface area contributed by atoms with Crippen molar-refractivity contribution in [1.82, 2.24) is 9.80 Å². The number of hydrogen-bond acceptors (Lipinski definition) is 4. The van der Waals surface area contributed by atoms with Gasteiger partial charge in [-0.05, 0) is 57.1 Å². The van der Waals surface area contributed by atoms with Crippen molar-refractivity contribution in [3.05, 3.63) is 53.1 Å². The monoisotopic (exact) mass is 360 g/mol. The largest absolute Gasteiger partial charge is 0.367 e. The molecule has 1 heterocycles. The molecule has 3 rings (SSSR count). The summed E-state index contributed by atoms with van der Waals surface area (Å²) in [6, 6.07) is 15.1. The minimum Gasteiger partial charge on any atom is -0.367 e. The van der Waals surface area contributed by atoms with E-state index in [1.165, 1.54) is 18.4 Å². The molecule has 1 aromatic carbocycles. The van der Waals surface area contributed by atoms with Crippen LogP contribution in [0.2, 0.25) is 0 Å². The molecule has 0 spiro atoms. The van der Waals surface area contributed by atoms with Crippen LogP contribution in [-0.4, -0.2) is 43.0 Å². The fourth-order valence-corrected chi connectivity index (χ4v) is 4.48. The first-order valence-corrected chi connectivity index (χ1v) is 9.88. The molecule has 0 N–H and O–H groups in total. The van der Waals surface area contributed by atoms with Gasteiger partial charge in [0.25, 0.3) is 0 Å². The summed E-state index contributed by atoms with van der Waals surface area (Å²) in [6.45, 7) is 2.06. The van der Waals surface area contributed by atoms with Crippen LogP contribution in [0.25, 0.3) is 5.70 Å². The lowest BCUT2D eigenvalue weighted by Crippen LogP contribution is -2.45. The summed E-state index contributed by atoms with van der Waals surface area (Å²) in [6.07, 6.45) is 7.81. The summed E-state index contributed by atoms with van der Waals surface area (Å²) in [5, 5.41) is 19.0. The molecule has 1 saturated carbocycles. The van der Waals surface area contributed by atoms with E-state index in [2.05, 4.69) is 66.4 Å². The van der Waals surface area contributed by atoms with Gasteiger partial charge in [0.15, 0.2) is 0 Å². The lowest BCUT2D eigenvalue weighted by molar-refractivity contribution is 0.169. The van der Waals surface area contributed by atoms with Crippen LogP contribution in [0.4, 0.5) is 0 Å². The van der Waals surface area contributed by atoms with Gasteiger partial charge in [-0.25, -0.2) is 0 Å². The minimum absolute atomic E-state index is 0.285. The van der Waals surface area contributed by atoms with Gasteiger partial charge >= 0.3 is 0 Å². The average molecular weight is 361 g/mol. The van der Waals surface area contributed by atoms with E-state index in [0.717, 1.165) is 43.6 Å². The highest BCUT2D eigenvalue weighted by Gasteiger charge is 2.38. The molecule has 4 nitrogen and oxygen atoms in total. The van der Waals surface area contributed by atoms with Gasteiger partial charge in [-0.3, -0.25) is 0 Å². The third-order valence-electron chi connectivity index (χ3n) is 5.72. The molecule has 1 fully saturated rings. The van der Waals surface area contributed by atoms with Crippen molar-refractivity contribution in [1.29, 1.82) is 10.5 Å². The fourth-order valence-electron chi connectivity index (χ4n) is 4.48. The maximum absolute atomic E-state index is 9.52. The molecule has 27 heavy (non-hydrogen) atoms. The lowest BCUT2D eigenvalue weighted by atomic mass is 9.74. The molecule has 2 aliphatic rings. The Kier molecular flexibility index (Phi) is 6.32. The molecule has 2 atom stereocenters. The summed E-state index contributed by atoms with van der Waals surface area (Å²) in [5.74, 6) is 0.292. The Morgan fingerprint density at radius 1 is 1.11 bits per heavy atom. The van der Waals surface area contributed by atoms with E-state index in [9.17, 15) is 10.5 Å². The van der Waals surface area contributed by atoms with Crippen LogP contribution in [0, 0.1) is 28.6 Å². The van der Waals surface area contributed by atoms with Crippen molar-refractivity contribution in [2.24, 2.45) is 5.92 Å². The Morgan fingerprint density at radius 3 is 2.48 bits per heavy atom. The van der Waals surface area contributed by atoms with Gasteiger partial charge < -0.3 is 9.80 Å². The number of nitrogens with zero attached hydrogens (tertiary/aromatic N) is 4. The van der Waals surface area contributed by atoms with Gasteiger partial charge in [-0.1, -0.05) is 43.2 Å². The second-order valence-electron chi connectivity index (χ2n) is 7.76. The molecule has 4 heteroatoms. The van der Waals surface area contributed by atoms with E-state index in [0.29, 0.717) is 12.0 Å². The Bertz CT molecular complexity index is 776. The maximum Gasteiger partial charge on any atom is 0.133 e. The average Bonchev–Trinajstić information content (AvgIpc) is 2.70. The maximum atomic E-state index is 9.52. The van der Waals surface area contributed by atoms with E-state index in [4.69, 9.17) is 0 Å². The van der Waals surface area contributed by atoms with Gasteiger partial charge in [0.2, 0.25) is 0 Å². The minimum atomic E-state index is 0.285. The summed E-state index contributed by atoms with van der Waals surface area (Å²) in [5.41, 5.74) is 3.57. The number of nitriles is 2. The normalized spacial score (nSPS) is 21.9. The molecule has 0 amide bonds. The van der Waals surface area contributed by atoms with Crippen LogP contribution in [0.1, 0.15) is 37.7 Å². The molecular weight excluding hydrogens is 332 g/mol. The van der Waals surface area contributed by atoms with Crippen molar-refractivity contribution in [3.8, 4) is 12.1 Å². The Balaban J connectivity index is 2.06. The van der Waals surface area contributed by atoms with Crippen molar-refractivity contribution in [2.75, 3.05) is 27.2 Å². The third-order valence-corrected chi connectivity index (χ3v) is 5.72. The highest BCUT2D eigenvalue weighted by atomic mass is 15.2. The van der Waals surface area contributed by atoms with Gasteiger partial charge in [0.1, 0.15) is 17.7 Å². The van der Waals surface area contributed by atoms with Crippen molar-refractivity contribution in [3.63, 3.8) is 0 Å². The molecule has 0 unspecified atom stereocenters. The Hall–Kier alpha value is -2.56. The zero-order valence-corrected chi connectivity index (χ0v) is 16.4. The number of fused-ring (bicyclic) bond motifs is 1. The van der Waals surface area contributed by atoms with E-state index in [1.807, 2.05) is 6.07 Å². The molecule has 0 saturated heterocycles. The van der Waals surface area contributed by atoms with Crippen LogP contribution >= 0.6 is 0 Å². The van der Waals surface area contributed by atoms with E-state index >= 15 is 0 Å². The number of rotatable bonds is 5. The first-order valence-electron chi connectivity index (χ1n) is 9.88. The number of benzene rings is 1. The first kappa shape index (κ1) is 19.2. The Labute approximate surface area is 163 Å². The number of hydrogen-bond donors (Lipinski definition) is 0. The highest BCUT2D eigenvalue weighted by Crippen LogP contribution is 2.43. The van der Waals surface area contributed by atoms with Crippen LogP contribution in [0.3, 0.4) is 0 Å². The Morgan fingerprint density at radius 2 is 1.81 bits per heavy atom. The quantitative estimate of drug-likeness (QED) is 0.739. The lowest BCUT2D eigenvalue weighted by Gasteiger charge is -2.47. The molecule has 1 aromatic rings. The second kappa shape index (κ2) is 8.89. The molecule has 0 bridgehead atoms. The van der Waals surface area contributed by atoms with Crippen LogP contribution in [0.5, 0.6) is 0 Å². The predicted molar refractivity (Wildman–Crippen MR) is 108 cm³/mol. The standard InChI is InChI=1S/C23H28N4/c1-26(2)13-8-14-27-22-12-7-6-11-20(22)21(19(16-24)17-25)15-23(27)18-9-4-3-5-10-18/h3-5,9-10,15,20,22H,6-8,11-14H2,1-2H3/t20-,22+/m0/s1. The van der Waals surface area contributed by atoms with Gasteiger partial charge in [0.05, 0.1) is 0 Å². The summed E-state index contributed by atoms with van der Waals surface area (Å²) < 4.78 is 0.